The van der Waals surface area contributed by atoms with Gasteiger partial charge in [-0.05, 0) is 6.92 Å². The minimum absolute atomic E-state index is 0.0965. The third-order valence-corrected chi connectivity index (χ3v) is 1.87. The van der Waals surface area contributed by atoms with E-state index in [1.807, 2.05) is 20.2 Å². The Morgan fingerprint density at radius 2 is 2.43 bits per heavy atom. The van der Waals surface area contributed by atoms with Crippen LogP contribution in [0.2, 0.25) is 0 Å². The molecule has 1 aromatic rings. The van der Waals surface area contributed by atoms with Crippen LogP contribution in [0, 0.1) is 6.92 Å². The third-order valence-electron chi connectivity index (χ3n) is 1.87. The first-order valence-electron chi connectivity index (χ1n) is 4.38. The van der Waals surface area contributed by atoms with Crippen LogP contribution in [0.4, 0.5) is 0 Å². The molecule has 1 amide bonds. The summed E-state index contributed by atoms with van der Waals surface area (Å²) in [5, 5.41) is 6.91. The molecule has 78 valence electrons. The highest BCUT2D eigenvalue weighted by atomic mass is 16.5. The van der Waals surface area contributed by atoms with E-state index in [0.717, 1.165) is 11.3 Å². The van der Waals surface area contributed by atoms with E-state index in [-0.39, 0.29) is 12.5 Å². The first-order chi connectivity index (χ1) is 6.63. The van der Waals surface area contributed by atoms with Crippen LogP contribution < -0.4 is 5.32 Å². The molecule has 5 heteroatoms. The van der Waals surface area contributed by atoms with Crippen molar-refractivity contribution in [1.82, 2.24) is 15.1 Å². The molecule has 0 saturated heterocycles. The van der Waals surface area contributed by atoms with Crippen LogP contribution in [-0.4, -0.2) is 29.4 Å². The minimum Gasteiger partial charge on any atom is -0.375 e. The van der Waals surface area contributed by atoms with Crippen molar-refractivity contribution in [3.05, 3.63) is 17.5 Å². The number of methoxy groups -OCH3 is 1. The van der Waals surface area contributed by atoms with Crippen molar-refractivity contribution in [3.63, 3.8) is 0 Å². The lowest BCUT2D eigenvalue weighted by Gasteiger charge is -2.02. The summed E-state index contributed by atoms with van der Waals surface area (Å²) in [6.07, 6.45) is 1.89. The number of aromatic nitrogens is 2. The monoisotopic (exact) mass is 197 g/mol. The summed E-state index contributed by atoms with van der Waals surface area (Å²) in [6.45, 7) is 2.51. The van der Waals surface area contributed by atoms with E-state index in [9.17, 15) is 4.79 Å². The standard InChI is InChI=1S/C9H15N3O2/c1-7-8(5-12(2)11-7)4-10-9(13)6-14-3/h5H,4,6H2,1-3H3,(H,10,13). The predicted octanol–water partition coefficient (Wildman–Crippen LogP) is -0.00888. The first-order valence-corrected chi connectivity index (χ1v) is 4.38. The lowest BCUT2D eigenvalue weighted by molar-refractivity contribution is -0.124. The van der Waals surface area contributed by atoms with Crippen LogP contribution in [0.5, 0.6) is 0 Å². The summed E-state index contributed by atoms with van der Waals surface area (Å²) in [5.41, 5.74) is 1.96. The summed E-state index contributed by atoms with van der Waals surface area (Å²) in [4.78, 5) is 11.1. The Labute approximate surface area is 83.1 Å². The van der Waals surface area contributed by atoms with Gasteiger partial charge in [0.1, 0.15) is 6.61 Å². The molecule has 0 aromatic carbocycles. The maximum atomic E-state index is 11.1. The van der Waals surface area contributed by atoms with Crippen LogP contribution in [0.15, 0.2) is 6.20 Å². The maximum Gasteiger partial charge on any atom is 0.246 e. The molecule has 0 atom stereocenters. The minimum atomic E-state index is -0.115. The van der Waals surface area contributed by atoms with Crippen LogP contribution in [0.3, 0.4) is 0 Å². The number of rotatable bonds is 4. The molecule has 0 saturated carbocycles. The van der Waals surface area contributed by atoms with Gasteiger partial charge in [-0.15, -0.1) is 0 Å². The smallest absolute Gasteiger partial charge is 0.246 e. The molecule has 1 heterocycles. The number of carbonyl (C=O) groups excluding carboxylic acids is 1. The second kappa shape index (κ2) is 4.76. The Hall–Kier alpha value is -1.36. The van der Waals surface area contributed by atoms with Crippen molar-refractivity contribution in [1.29, 1.82) is 0 Å². The molecule has 0 aliphatic rings. The summed E-state index contributed by atoms with van der Waals surface area (Å²) >= 11 is 0. The van der Waals surface area contributed by atoms with Crippen LogP contribution in [-0.2, 0) is 23.1 Å². The lowest BCUT2D eigenvalue weighted by Crippen LogP contribution is -2.26. The molecule has 0 radical (unpaired) electrons. The highest BCUT2D eigenvalue weighted by Gasteiger charge is 2.04. The van der Waals surface area contributed by atoms with Crippen molar-refractivity contribution in [2.75, 3.05) is 13.7 Å². The van der Waals surface area contributed by atoms with Gasteiger partial charge in [-0.1, -0.05) is 0 Å². The fourth-order valence-corrected chi connectivity index (χ4v) is 1.20. The molecule has 0 bridgehead atoms. The Morgan fingerprint density at radius 3 is 2.93 bits per heavy atom. The zero-order valence-electron chi connectivity index (χ0n) is 8.70. The second-order valence-electron chi connectivity index (χ2n) is 3.12. The summed E-state index contributed by atoms with van der Waals surface area (Å²) in [7, 11) is 3.35. The Balaban J connectivity index is 2.45. The molecule has 0 aliphatic heterocycles. The second-order valence-corrected chi connectivity index (χ2v) is 3.12. The number of nitrogens with zero attached hydrogens (tertiary/aromatic N) is 2. The van der Waals surface area contributed by atoms with E-state index in [2.05, 4.69) is 10.4 Å². The van der Waals surface area contributed by atoms with Crippen LogP contribution in [0.1, 0.15) is 11.3 Å². The summed E-state index contributed by atoms with van der Waals surface area (Å²) in [6, 6.07) is 0. The van der Waals surface area contributed by atoms with E-state index >= 15 is 0 Å². The maximum absolute atomic E-state index is 11.1. The Kier molecular flexibility index (Phi) is 3.64. The molecular weight excluding hydrogens is 182 g/mol. The van der Waals surface area contributed by atoms with Crippen molar-refractivity contribution in [3.8, 4) is 0 Å². The number of carbonyl (C=O) groups is 1. The molecule has 0 aliphatic carbocycles. The average molecular weight is 197 g/mol. The molecule has 0 unspecified atom stereocenters. The summed E-state index contributed by atoms with van der Waals surface area (Å²) < 4.78 is 6.42. The van der Waals surface area contributed by atoms with E-state index in [0.29, 0.717) is 6.54 Å². The van der Waals surface area contributed by atoms with Gasteiger partial charge in [-0.25, -0.2) is 0 Å². The summed E-state index contributed by atoms with van der Waals surface area (Å²) in [5.74, 6) is -0.115. The Bertz CT molecular complexity index is 320. The number of hydrogen-bond acceptors (Lipinski definition) is 3. The van der Waals surface area contributed by atoms with Crippen molar-refractivity contribution < 1.29 is 9.53 Å². The molecule has 1 aromatic heterocycles. The molecule has 14 heavy (non-hydrogen) atoms. The number of ether oxygens (including phenoxy) is 1. The van der Waals surface area contributed by atoms with Gasteiger partial charge in [0.05, 0.1) is 5.69 Å². The lowest BCUT2D eigenvalue weighted by atomic mass is 10.2. The zero-order valence-corrected chi connectivity index (χ0v) is 8.70. The fourth-order valence-electron chi connectivity index (χ4n) is 1.20. The highest BCUT2D eigenvalue weighted by Crippen LogP contribution is 2.03. The number of aryl methyl sites for hydroxylation is 2. The number of hydrogen-bond donors (Lipinski definition) is 1. The van der Waals surface area contributed by atoms with Gasteiger partial charge in [0.2, 0.25) is 5.91 Å². The average Bonchev–Trinajstić information content (AvgIpc) is 2.42. The van der Waals surface area contributed by atoms with Gasteiger partial charge < -0.3 is 10.1 Å². The van der Waals surface area contributed by atoms with Crippen LogP contribution >= 0.6 is 0 Å². The molecular formula is C9H15N3O2. The van der Waals surface area contributed by atoms with Gasteiger partial charge in [-0.3, -0.25) is 9.48 Å². The quantitative estimate of drug-likeness (QED) is 0.738. The predicted molar refractivity (Wildman–Crippen MR) is 51.7 cm³/mol. The molecule has 1 N–H and O–H groups in total. The van der Waals surface area contributed by atoms with Crippen molar-refractivity contribution in [2.24, 2.45) is 7.05 Å². The molecule has 5 nitrogen and oxygen atoms in total. The number of amides is 1. The van der Waals surface area contributed by atoms with E-state index in [1.54, 1.807) is 4.68 Å². The normalized spacial score (nSPS) is 10.2. The van der Waals surface area contributed by atoms with E-state index in [4.69, 9.17) is 4.74 Å². The van der Waals surface area contributed by atoms with Gasteiger partial charge in [0.15, 0.2) is 0 Å². The largest absolute Gasteiger partial charge is 0.375 e. The molecule has 0 fully saturated rings. The zero-order chi connectivity index (χ0) is 10.6. The van der Waals surface area contributed by atoms with E-state index < -0.39 is 0 Å². The fraction of sp³-hybridized carbons (Fsp3) is 0.556. The highest BCUT2D eigenvalue weighted by molar-refractivity contribution is 5.77. The van der Waals surface area contributed by atoms with Gasteiger partial charge in [0, 0.05) is 32.5 Å². The Morgan fingerprint density at radius 1 is 1.71 bits per heavy atom. The van der Waals surface area contributed by atoms with E-state index in [1.165, 1.54) is 7.11 Å². The van der Waals surface area contributed by atoms with Gasteiger partial charge >= 0.3 is 0 Å². The number of nitrogens with one attached hydrogen (secondary N) is 1. The van der Waals surface area contributed by atoms with Gasteiger partial charge in [-0.2, -0.15) is 5.10 Å². The first kappa shape index (κ1) is 10.7. The van der Waals surface area contributed by atoms with Gasteiger partial charge in [0.25, 0.3) is 0 Å². The molecule has 1 rings (SSSR count). The van der Waals surface area contributed by atoms with Crippen LogP contribution in [0.25, 0.3) is 0 Å². The third kappa shape index (κ3) is 2.85. The topological polar surface area (TPSA) is 56.1 Å². The van der Waals surface area contributed by atoms with Crippen molar-refractivity contribution in [2.45, 2.75) is 13.5 Å². The SMILES string of the molecule is COCC(=O)NCc1cn(C)nc1C. The van der Waals surface area contributed by atoms with Crippen molar-refractivity contribution >= 4 is 5.91 Å². The molecule has 0 spiro atoms.